The highest BCUT2D eigenvalue weighted by molar-refractivity contribution is 9.10. The molecular weight excluding hydrogens is 425 g/mol. The van der Waals surface area contributed by atoms with Crippen molar-refractivity contribution in [2.75, 3.05) is 13.2 Å². The molecule has 0 aromatic heterocycles. The van der Waals surface area contributed by atoms with E-state index in [4.69, 9.17) is 32.7 Å². The summed E-state index contributed by atoms with van der Waals surface area (Å²) in [4.78, 5) is 0. The molecule has 0 bridgehead atoms. The lowest BCUT2D eigenvalue weighted by atomic mass is 10.2. The average molecular weight is 447 g/mol. The fourth-order valence-electron chi connectivity index (χ4n) is 2.32. The Labute approximate surface area is 167 Å². The van der Waals surface area contributed by atoms with Gasteiger partial charge in [-0.2, -0.15) is 0 Å². The summed E-state index contributed by atoms with van der Waals surface area (Å²) in [5.74, 6) is 1.39. The SMILES string of the molecule is CCCNCc1cc(Br)c(OCc2ccc(Cl)cc2Cl)c(OCC)c1. The number of ether oxygens (including phenoxy) is 2. The molecule has 0 unspecified atom stereocenters. The van der Waals surface area contributed by atoms with Gasteiger partial charge >= 0.3 is 0 Å². The maximum Gasteiger partial charge on any atom is 0.175 e. The van der Waals surface area contributed by atoms with Crippen molar-refractivity contribution in [2.24, 2.45) is 0 Å². The maximum atomic E-state index is 6.22. The second kappa shape index (κ2) is 10.3. The van der Waals surface area contributed by atoms with Crippen molar-refractivity contribution >= 4 is 39.1 Å². The van der Waals surface area contributed by atoms with Crippen LogP contribution in [0.25, 0.3) is 0 Å². The molecule has 1 N–H and O–H groups in total. The van der Waals surface area contributed by atoms with E-state index in [1.54, 1.807) is 12.1 Å². The Morgan fingerprint density at radius 2 is 1.88 bits per heavy atom. The van der Waals surface area contributed by atoms with Gasteiger partial charge in [0, 0.05) is 22.2 Å². The van der Waals surface area contributed by atoms with Crippen LogP contribution in [0.1, 0.15) is 31.4 Å². The standard InChI is InChI=1S/C19H22BrCl2NO2/c1-3-7-23-11-13-8-16(20)19(18(9-13)24-4-2)25-12-14-5-6-15(21)10-17(14)22/h5-6,8-10,23H,3-4,7,11-12H2,1-2H3. The van der Waals surface area contributed by atoms with Crippen LogP contribution in [0.2, 0.25) is 10.0 Å². The lowest BCUT2D eigenvalue weighted by Gasteiger charge is -2.16. The van der Waals surface area contributed by atoms with Gasteiger partial charge in [0.05, 0.1) is 11.1 Å². The summed E-state index contributed by atoms with van der Waals surface area (Å²) in [6.07, 6.45) is 1.10. The molecule has 0 amide bonds. The third-order valence-electron chi connectivity index (χ3n) is 3.51. The van der Waals surface area contributed by atoms with Gasteiger partial charge in [0.2, 0.25) is 0 Å². The molecule has 2 aromatic carbocycles. The van der Waals surface area contributed by atoms with Crippen molar-refractivity contribution in [2.45, 2.75) is 33.4 Å². The summed E-state index contributed by atoms with van der Waals surface area (Å²) in [6, 6.07) is 9.43. The van der Waals surface area contributed by atoms with E-state index >= 15 is 0 Å². The van der Waals surface area contributed by atoms with Gasteiger partial charge in [0.1, 0.15) is 6.61 Å². The van der Waals surface area contributed by atoms with E-state index in [0.717, 1.165) is 40.9 Å². The average Bonchev–Trinajstić information content (AvgIpc) is 2.56. The van der Waals surface area contributed by atoms with E-state index < -0.39 is 0 Å². The van der Waals surface area contributed by atoms with Crippen LogP contribution in [0.4, 0.5) is 0 Å². The zero-order valence-electron chi connectivity index (χ0n) is 14.4. The highest BCUT2D eigenvalue weighted by atomic mass is 79.9. The molecule has 6 heteroatoms. The highest BCUT2D eigenvalue weighted by Gasteiger charge is 2.13. The van der Waals surface area contributed by atoms with Crippen LogP contribution in [-0.4, -0.2) is 13.2 Å². The summed E-state index contributed by atoms with van der Waals surface area (Å²) in [6.45, 7) is 6.77. The van der Waals surface area contributed by atoms with Gasteiger partial charge in [-0.05, 0) is 65.6 Å². The number of hydrogen-bond acceptors (Lipinski definition) is 3. The molecule has 2 rings (SSSR count). The molecule has 3 nitrogen and oxygen atoms in total. The van der Waals surface area contributed by atoms with Crippen LogP contribution >= 0.6 is 39.1 Å². The molecule has 0 fully saturated rings. The Morgan fingerprint density at radius 1 is 1.08 bits per heavy atom. The lowest BCUT2D eigenvalue weighted by Crippen LogP contribution is -2.14. The quantitative estimate of drug-likeness (QED) is 0.463. The van der Waals surface area contributed by atoms with Crippen LogP contribution in [0.5, 0.6) is 11.5 Å². The minimum absolute atomic E-state index is 0.335. The molecule has 136 valence electrons. The van der Waals surface area contributed by atoms with Gasteiger partial charge in [-0.1, -0.05) is 36.2 Å². The van der Waals surface area contributed by atoms with Gasteiger partial charge in [0.15, 0.2) is 11.5 Å². The van der Waals surface area contributed by atoms with Gasteiger partial charge in [-0.15, -0.1) is 0 Å². The Balaban J connectivity index is 2.17. The molecule has 0 radical (unpaired) electrons. The number of hydrogen-bond donors (Lipinski definition) is 1. The first-order valence-corrected chi connectivity index (χ1v) is 9.82. The van der Waals surface area contributed by atoms with Crippen LogP contribution in [0, 0.1) is 0 Å². The summed E-state index contributed by atoms with van der Waals surface area (Å²) in [5, 5.41) is 4.58. The molecule has 0 aliphatic rings. The molecule has 0 aliphatic heterocycles. The highest BCUT2D eigenvalue weighted by Crippen LogP contribution is 2.38. The second-order valence-corrected chi connectivity index (χ2v) is 7.24. The van der Waals surface area contributed by atoms with E-state index in [0.29, 0.717) is 29.0 Å². The van der Waals surface area contributed by atoms with Gasteiger partial charge in [0.25, 0.3) is 0 Å². The topological polar surface area (TPSA) is 30.5 Å². The minimum Gasteiger partial charge on any atom is -0.490 e. The summed E-state index contributed by atoms with van der Waals surface area (Å²) in [5.41, 5.74) is 2.01. The van der Waals surface area contributed by atoms with E-state index in [-0.39, 0.29) is 0 Å². The van der Waals surface area contributed by atoms with E-state index in [2.05, 4.69) is 28.2 Å². The van der Waals surface area contributed by atoms with E-state index in [9.17, 15) is 0 Å². The first-order valence-electron chi connectivity index (χ1n) is 8.27. The normalized spacial score (nSPS) is 10.8. The Bertz CT molecular complexity index is 710. The van der Waals surface area contributed by atoms with Gasteiger partial charge < -0.3 is 14.8 Å². The molecule has 0 heterocycles. The van der Waals surface area contributed by atoms with Crippen molar-refractivity contribution in [3.05, 3.63) is 56.0 Å². The number of halogens is 3. The predicted molar refractivity (Wildman–Crippen MR) is 108 cm³/mol. The smallest absolute Gasteiger partial charge is 0.175 e. The van der Waals surface area contributed by atoms with E-state index in [1.165, 1.54) is 0 Å². The molecule has 0 atom stereocenters. The van der Waals surface area contributed by atoms with Gasteiger partial charge in [-0.3, -0.25) is 0 Å². The predicted octanol–water partition coefficient (Wildman–Crippen LogP) is 6.23. The maximum absolute atomic E-state index is 6.22. The van der Waals surface area contributed by atoms with Crippen LogP contribution < -0.4 is 14.8 Å². The van der Waals surface area contributed by atoms with Crippen LogP contribution in [-0.2, 0) is 13.2 Å². The fraction of sp³-hybridized carbons (Fsp3) is 0.368. The van der Waals surface area contributed by atoms with Crippen LogP contribution in [0.3, 0.4) is 0 Å². The van der Waals surface area contributed by atoms with Crippen molar-refractivity contribution < 1.29 is 9.47 Å². The third-order valence-corrected chi connectivity index (χ3v) is 4.69. The van der Waals surface area contributed by atoms with Crippen molar-refractivity contribution in [3.63, 3.8) is 0 Å². The number of benzene rings is 2. The number of rotatable bonds is 9. The molecule has 0 spiro atoms. The Hall–Kier alpha value is -0.940. The zero-order chi connectivity index (χ0) is 18.2. The monoisotopic (exact) mass is 445 g/mol. The molecule has 2 aromatic rings. The van der Waals surface area contributed by atoms with Gasteiger partial charge in [-0.25, -0.2) is 0 Å². The summed E-state index contributed by atoms with van der Waals surface area (Å²) in [7, 11) is 0. The molecule has 0 aliphatic carbocycles. The van der Waals surface area contributed by atoms with E-state index in [1.807, 2.05) is 25.1 Å². The summed E-state index contributed by atoms with van der Waals surface area (Å²) >= 11 is 15.7. The summed E-state index contributed by atoms with van der Waals surface area (Å²) < 4.78 is 12.6. The fourth-order valence-corrected chi connectivity index (χ4v) is 3.39. The van der Waals surface area contributed by atoms with Crippen molar-refractivity contribution in [1.29, 1.82) is 0 Å². The van der Waals surface area contributed by atoms with Crippen molar-refractivity contribution in [1.82, 2.24) is 5.32 Å². The Kier molecular flexibility index (Phi) is 8.37. The molecule has 25 heavy (non-hydrogen) atoms. The zero-order valence-corrected chi connectivity index (χ0v) is 17.5. The molecule has 0 saturated carbocycles. The second-order valence-electron chi connectivity index (χ2n) is 5.54. The number of nitrogens with one attached hydrogen (secondary N) is 1. The Morgan fingerprint density at radius 3 is 2.56 bits per heavy atom. The lowest BCUT2D eigenvalue weighted by molar-refractivity contribution is 0.267. The third kappa shape index (κ3) is 6.07. The van der Waals surface area contributed by atoms with Crippen LogP contribution in [0.15, 0.2) is 34.8 Å². The first kappa shape index (κ1) is 20.4. The van der Waals surface area contributed by atoms with Crippen molar-refractivity contribution in [3.8, 4) is 11.5 Å². The minimum atomic E-state index is 0.335. The molecule has 0 saturated heterocycles. The molecular formula is C19H22BrCl2NO2. The first-order chi connectivity index (χ1) is 12.0. The largest absolute Gasteiger partial charge is 0.490 e.